The molecule has 0 saturated carbocycles. The summed E-state index contributed by atoms with van der Waals surface area (Å²) in [6, 6.07) is 14.2. The Morgan fingerprint density at radius 1 is 1.08 bits per heavy atom. The molecule has 0 fully saturated rings. The summed E-state index contributed by atoms with van der Waals surface area (Å²) in [7, 11) is 0. The molecule has 11 heteroatoms. The molecule has 2 unspecified atom stereocenters. The standard InChI is InChI=1S/C28H33FN2O8/c1-19(2)30-25-6-4-3-5-24(25)28(20-7-9-21(29)10-8-20)26(30)12-11-22(32)17-23(33)18-27(34)38-15-13-37-14-16-39-31(35)36/h3-12,19,22-23,32-33H,13-18H2,1-2H3/b12-11+. The van der Waals surface area contributed by atoms with Gasteiger partial charge in [-0.05, 0) is 43.7 Å². The van der Waals surface area contributed by atoms with Gasteiger partial charge in [-0.25, -0.2) is 4.39 Å². The van der Waals surface area contributed by atoms with E-state index in [-0.39, 0.29) is 51.1 Å². The van der Waals surface area contributed by atoms with Gasteiger partial charge in [-0.3, -0.25) is 4.79 Å². The Balaban J connectivity index is 1.64. The number of aliphatic hydroxyl groups is 2. The maximum atomic E-state index is 13.6. The number of benzene rings is 2. The number of hydrogen-bond acceptors (Lipinski definition) is 8. The van der Waals surface area contributed by atoms with Gasteiger partial charge >= 0.3 is 5.97 Å². The minimum Gasteiger partial charge on any atom is -0.463 e. The number of nitrogens with zero attached hydrogens (tertiary/aromatic N) is 2. The van der Waals surface area contributed by atoms with E-state index in [0.29, 0.717) is 0 Å². The van der Waals surface area contributed by atoms with Gasteiger partial charge in [0.2, 0.25) is 0 Å². The lowest BCUT2D eigenvalue weighted by Crippen LogP contribution is -2.22. The molecule has 0 aliphatic heterocycles. The molecule has 2 atom stereocenters. The second-order valence-corrected chi connectivity index (χ2v) is 9.16. The Bertz CT molecular complexity index is 1270. The largest absolute Gasteiger partial charge is 0.463 e. The van der Waals surface area contributed by atoms with Crippen molar-refractivity contribution >= 4 is 22.9 Å². The molecular weight excluding hydrogens is 511 g/mol. The van der Waals surface area contributed by atoms with Crippen molar-refractivity contribution in [3.05, 3.63) is 76.2 Å². The number of para-hydroxylation sites is 1. The monoisotopic (exact) mass is 544 g/mol. The smallest absolute Gasteiger partial charge is 0.308 e. The number of aromatic nitrogens is 1. The zero-order valence-corrected chi connectivity index (χ0v) is 21.9. The highest BCUT2D eigenvalue weighted by Gasteiger charge is 2.20. The van der Waals surface area contributed by atoms with Gasteiger partial charge < -0.3 is 29.1 Å². The van der Waals surface area contributed by atoms with Crippen LogP contribution in [0.1, 0.15) is 38.4 Å². The van der Waals surface area contributed by atoms with Crippen molar-refractivity contribution in [2.75, 3.05) is 26.4 Å². The van der Waals surface area contributed by atoms with Crippen molar-refractivity contribution in [1.82, 2.24) is 4.57 Å². The highest BCUT2D eigenvalue weighted by molar-refractivity contribution is 6.01. The molecule has 0 spiro atoms. The number of esters is 1. The summed E-state index contributed by atoms with van der Waals surface area (Å²) in [4.78, 5) is 26.1. The van der Waals surface area contributed by atoms with Gasteiger partial charge in [0.1, 0.15) is 19.0 Å². The number of hydrogen-bond donors (Lipinski definition) is 2. The van der Waals surface area contributed by atoms with Crippen molar-refractivity contribution in [3.63, 3.8) is 0 Å². The lowest BCUT2D eigenvalue weighted by molar-refractivity contribution is -0.758. The first-order valence-electron chi connectivity index (χ1n) is 12.6. The van der Waals surface area contributed by atoms with Gasteiger partial charge in [0.15, 0.2) is 0 Å². The molecule has 210 valence electrons. The molecule has 1 heterocycles. The summed E-state index contributed by atoms with van der Waals surface area (Å²) in [6.07, 6.45) is 0.761. The lowest BCUT2D eigenvalue weighted by Gasteiger charge is -2.15. The fourth-order valence-electron chi connectivity index (χ4n) is 4.30. The predicted octanol–water partition coefficient (Wildman–Crippen LogP) is 4.31. The normalized spacial score (nSPS) is 13.2. The van der Waals surface area contributed by atoms with E-state index in [0.717, 1.165) is 27.7 Å². The highest BCUT2D eigenvalue weighted by atomic mass is 19.1. The highest BCUT2D eigenvalue weighted by Crippen LogP contribution is 2.38. The zero-order valence-electron chi connectivity index (χ0n) is 21.9. The number of aliphatic hydroxyl groups excluding tert-OH is 2. The molecule has 0 aliphatic rings. The third-order valence-corrected chi connectivity index (χ3v) is 5.91. The van der Waals surface area contributed by atoms with E-state index in [1.807, 2.05) is 24.3 Å². The number of fused-ring (bicyclic) bond motifs is 1. The lowest BCUT2D eigenvalue weighted by atomic mass is 10.0. The first kappa shape index (κ1) is 29.8. The second-order valence-electron chi connectivity index (χ2n) is 9.16. The molecule has 3 aromatic rings. The van der Waals surface area contributed by atoms with Gasteiger partial charge in [0, 0.05) is 34.6 Å². The summed E-state index contributed by atoms with van der Waals surface area (Å²) < 4.78 is 25.8. The first-order valence-corrected chi connectivity index (χ1v) is 12.6. The van der Waals surface area contributed by atoms with Crippen LogP contribution >= 0.6 is 0 Å². The average Bonchev–Trinajstić information content (AvgIpc) is 3.21. The number of ether oxygens (including phenoxy) is 2. The van der Waals surface area contributed by atoms with Crippen molar-refractivity contribution in [1.29, 1.82) is 0 Å². The van der Waals surface area contributed by atoms with Crippen LogP contribution in [0, 0.1) is 15.9 Å². The Morgan fingerprint density at radius 3 is 2.46 bits per heavy atom. The molecule has 0 bridgehead atoms. The van der Waals surface area contributed by atoms with Crippen molar-refractivity contribution in [3.8, 4) is 11.1 Å². The van der Waals surface area contributed by atoms with Crippen LogP contribution in [-0.4, -0.2) is 64.5 Å². The summed E-state index contributed by atoms with van der Waals surface area (Å²) in [6.45, 7) is 3.78. The van der Waals surface area contributed by atoms with Crippen LogP contribution < -0.4 is 0 Å². The van der Waals surface area contributed by atoms with Crippen LogP contribution in [0.3, 0.4) is 0 Å². The molecule has 2 N–H and O–H groups in total. The van der Waals surface area contributed by atoms with E-state index in [9.17, 15) is 29.5 Å². The predicted molar refractivity (Wildman–Crippen MR) is 143 cm³/mol. The molecule has 0 radical (unpaired) electrons. The van der Waals surface area contributed by atoms with Gasteiger partial charge in [-0.15, -0.1) is 10.1 Å². The Morgan fingerprint density at radius 2 is 1.77 bits per heavy atom. The van der Waals surface area contributed by atoms with Crippen molar-refractivity contribution < 1.29 is 38.8 Å². The summed E-state index contributed by atoms with van der Waals surface area (Å²) in [5.41, 5.74) is 3.56. The zero-order chi connectivity index (χ0) is 28.4. The van der Waals surface area contributed by atoms with Crippen LogP contribution in [0.5, 0.6) is 0 Å². The molecule has 0 saturated heterocycles. The molecule has 0 amide bonds. The number of halogens is 1. The Kier molecular flexibility index (Phi) is 11.0. The van der Waals surface area contributed by atoms with Crippen LogP contribution in [0.15, 0.2) is 54.6 Å². The number of carbonyl (C=O) groups is 1. The van der Waals surface area contributed by atoms with E-state index in [4.69, 9.17) is 9.47 Å². The van der Waals surface area contributed by atoms with Gasteiger partial charge in [0.25, 0.3) is 5.09 Å². The molecule has 39 heavy (non-hydrogen) atoms. The topological polar surface area (TPSA) is 133 Å². The van der Waals surface area contributed by atoms with E-state index < -0.39 is 23.3 Å². The van der Waals surface area contributed by atoms with Gasteiger partial charge in [-0.1, -0.05) is 36.4 Å². The first-order chi connectivity index (χ1) is 18.7. The van der Waals surface area contributed by atoms with E-state index in [1.165, 1.54) is 12.1 Å². The average molecular weight is 545 g/mol. The molecule has 2 aromatic carbocycles. The maximum absolute atomic E-state index is 13.6. The van der Waals surface area contributed by atoms with Crippen LogP contribution in [-0.2, 0) is 19.1 Å². The van der Waals surface area contributed by atoms with Crippen LogP contribution in [0.25, 0.3) is 28.1 Å². The van der Waals surface area contributed by atoms with Crippen LogP contribution in [0.2, 0.25) is 0 Å². The van der Waals surface area contributed by atoms with Gasteiger partial charge in [-0.2, -0.15) is 0 Å². The SMILES string of the molecule is CC(C)n1c(/C=C/C(O)CC(O)CC(=O)OCCOCCO[N+](=O)[O-])c(-c2ccc(F)cc2)c2ccccc21. The maximum Gasteiger partial charge on any atom is 0.308 e. The fourth-order valence-corrected chi connectivity index (χ4v) is 4.30. The summed E-state index contributed by atoms with van der Waals surface area (Å²) >= 11 is 0. The molecular formula is C28H33FN2O8. The fraction of sp³-hybridized carbons (Fsp3) is 0.393. The molecule has 1 aromatic heterocycles. The van der Waals surface area contributed by atoms with E-state index in [2.05, 4.69) is 23.3 Å². The molecule has 3 rings (SSSR count). The Labute approximate surface area is 225 Å². The Hall–Kier alpha value is -3.80. The van der Waals surface area contributed by atoms with E-state index in [1.54, 1.807) is 24.3 Å². The minimum absolute atomic E-state index is 0.0223. The summed E-state index contributed by atoms with van der Waals surface area (Å²) in [5, 5.41) is 31.0. The third-order valence-electron chi connectivity index (χ3n) is 5.91. The minimum atomic E-state index is -1.14. The number of rotatable bonds is 15. The van der Waals surface area contributed by atoms with Crippen molar-refractivity contribution in [2.45, 2.75) is 44.9 Å². The second kappa shape index (κ2) is 14.4. The van der Waals surface area contributed by atoms with Crippen molar-refractivity contribution in [2.24, 2.45) is 0 Å². The summed E-state index contributed by atoms with van der Waals surface area (Å²) in [5.74, 6) is -0.997. The van der Waals surface area contributed by atoms with E-state index >= 15 is 0 Å². The van der Waals surface area contributed by atoms with Crippen LogP contribution in [0.4, 0.5) is 4.39 Å². The third kappa shape index (κ3) is 8.60. The quantitative estimate of drug-likeness (QED) is 0.125. The number of carbonyl (C=O) groups excluding carboxylic acids is 1. The van der Waals surface area contributed by atoms with Gasteiger partial charge in [0.05, 0.1) is 31.8 Å². The molecule has 0 aliphatic carbocycles. The molecule has 10 nitrogen and oxygen atoms in total.